The number of hydrogen-bond acceptors (Lipinski definition) is 7. The molecule has 2 fully saturated rings. The second-order valence-electron chi connectivity index (χ2n) is 7.13. The van der Waals surface area contributed by atoms with Gasteiger partial charge in [0.05, 0.1) is 18.1 Å². The number of aryl methyl sites for hydroxylation is 1. The second kappa shape index (κ2) is 6.59. The third-order valence-electron chi connectivity index (χ3n) is 5.37. The van der Waals surface area contributed by atoms with Crippen molar-refractivity contribution >= 4 is 9.84 Å². The van der Waals surface area contributed by atoms with E-state index in [9.17, 15) is 8.42 Å². The van der Waals surface area contributed by atoms with Gasteiger partial charge in [0, 0.05) is 43.6 Å². The van der Waals surface area contributed by atoms with E-state index in [4.69, 9.17) is 4.74 Å². The van der Waals surface area contributed by atoms with Crippen LogP contribution in [0.2, 0.25) is 0 Å². The smallest absolute Gasteiger partial charge is 0.316 e. The van der Waals surface area contributed by atoms with Gasteiger partial charge in [-0.2, -0.15) is 0 Å². The molecule has 0 N–H and O–H groups in total. The van der Waals surface area contributed by atoms with Gasteiger partial charge in [0.1, 0.15) is 4.75 Å². The van der Waals surface area contributed by atoms with E-state index in [1.807, 2.05) is 25.1 Å². The molecule has 0 amide bonds. The van der Waals surface area contributed by atoms with Crippen LogP contribution in [0.25, 0.3) is 0 Å². The van der Waals surface area contributed by atoms with Crippen LogP contribution < -0.4 is 4.74 Å². The Balaban J connectivity index is 1.43. The van der Waals surface area contributed by atoms with Crippen molar-refractivity contribution < 1.29 is 13.2 Å². The molecule has 2 aromatic rings. The lowest BCUT2D eigenvalue weighted by molar-refractivity contribution is 0.0562. The Hall–Kier alpha value is -2.06. The van der Waals surface area contributed by atoms with Crippen LogP contribution in [-0.4, -0.2) is 58.5 Å². The first-order valence-corrected chi connectivity index (χ1v) is 10.4. The van der Waals surface area contributed by atoms with Gasteiger partial charge in [0.15, 0.2) is 9.84 Å². The van der Waals surface area contributed by atoms with E-state index in [0.29, 0.717) is 38.7 Å². The second-order valence-corrected chi connectivity index (χ2v) is 9.58. The summed E-state index contributed by atoms with van der Waals surface area (Å²) in [5.74, 6) is 0.200. The molecule has 26 heavy (non-hydrogen) atoms. The molecule has 2 aliphatic rings. The molecule has 0 unspecified atom stereocenters. The standard InChI is InChI=1S/C18H22N4O3S/c1-14-4-2-5-16(21-14)10-22-12-18(13-22)15(6-9-26(18,23)24)11-25-17-19-7-3-8-20-17/h2-5,7-8,15H,6,9-13H2,1H3/t15-/m0/s1. The van der Waals surface area contributed by atoms with Gasteiger partial charge in [-0.15, -0.1) is 0 Å². The summed E-state index contributed by atoms with van der Waals surface area (Å²) in [5, 5.41) is 0. The summed E-state index contributed by atoms with van der Waals surface area (Å²) >= 11 is 0. The number of rotatable bonds is 5. The molecule has 4 rings (SSSR count). The summed E-state index contributed by atoms with van der Waals surface area (Å²) in [6, 6.07) is 7.94. The summed E-state index contributed by atoms with van der Waals surface area (Å²) in [6.45, 7) is 4.04. The van der Waals surface area contributed by atoms with Crippen LogP contribution in [0.1, 0.15) is 17.8 Å². The number of ether oxygens (including phenoxy) is 1. The van der Waals surface area contributed by atoms with Crippen LogP contribution in [0.15, 0.2) is 36.7 Å². The molecule has 1 atom stereocenters. The van der Waals surface area contributed by atoms with Crippen LogP contribution in [0.5, 0.6) is 6.01 Å². The SMILES string of the molecule is Cc1cccc(CN2CC3(C2)[C@H](COc2ncccn2)CCS3(=O)=O)n1. The average molecular weight is 374 g/mol. The third-order valence-corrected chi connectivity index (χ3v) is 7.97. The molecule has 0 radical (unpaired) electrons. The third kappa shape index (κ3) is 3.07. The maximum absolute atomic E-state index is 12.7. The minimum absolute atomic E-state index is 0.0296. The fraction of sp³-hybridized carbons (Fsp3) is 0.500. The molecule has 2 aliphatic heterocycles. The molecule has 2 aromatic heterocycles. The Labute approximate surface area is 153 Å². The number of likely N-dealkylation sites (tertiary alicyclic amines) is 1. The molecule has 0 aliphatic carbocycles. The maximum atomic E-state index is 12.7. The molecular formula is C18H22N4O3S. The Morgan fingerprint density at radius 1 is 1.23 bits per heavy atom. The normalized spacial score (nSPS) is 23.7. The van der Waals surface area contributed by atoms with Crippen molar-refractivity contribution in [3.63, 3.8) is 0 Å². The fourth-order valence-electron chi connectivity index (χ4n) is 3.98. The van der Waals surface area contributed by atoms with Gasteiger partial charge >= 0.3 is 6.01 Å². The van der Waals surface area contributed by atoms with Gasteiger partial charge in [-0.25, -0.2) is 18.4 Å². The van der Waals surface area contributed by atoms with Gasteiger partial charge in [-0.05, 0) is 31.5 Å². The first-order valence-electron chi connectivity index (χ1n) is 8.75. The van der Waals surface area contributed by atoms with Crippen molar-refractivity contribution in [3.05, 3.63) is 48.0 Å². The van der Waals surface area contributed by atoms with E-state index in [1.165, 1.54) is 0 Å². The van der Waals surface area contributed by atoms with Gasteiger partial charge < -0.3 is 4.74 Å². The number of pyridine rings is 1. The van der Waals surface area contributed by atoms with E-state index < -0.39 is 14.6 Å². The van der Waals surface area contributed by atoms with E-state index in [2.05, 4.69) is 19.9 Å². The quantitative estimate of drug-likeness (QED) is 0.778. The molecule has 0 bridgehead atoms. The zero-order chi connectivity index (χ0) is 18.2. The number of aromatic nitrogens is 3. The van der Waals surface area contributed by atoms with Crippen LogP contribution >= 0.6 is 0 Å². The highest BCUT2D eigenvalue weighted by atomic mass is 32.2. The molecule has 8 heteroatoms. The van der Waals surface area contributed by atoms with Crippen LogP contribution in [-0.2, 0) is 16.4 Å². The lowest BCUT2D eigenvalue weighted by Crippen LogP contribution is -2.67. The van der Waals surface area contributed by atoms with Gasteiger partial charge in [0.2, 0.25) is 0 Å². The summed E-state index contributed by atoms with van der Waals surface area (Å²) in [4.78, 5) is 14.7. The van der Waals surface area contributed by atoms with E-state index in [0.717, 1.165) is 11.4 Å². The minimum Gasteiger partial charge on any atom is -0.463 e. The van der Waals surface area contributed by atoms with Gasteiger partial charge in [0.25, 0.3) is 0 Å². The van der Waals surface area contributed by atoms with Gasteiger partial charge in [-0.3, -0.25) is 9.88 Å². The van der Waals surface area contributed by atoms with Crippen molar-refractivity contribution in [3.8, 4) is 6.01 Å². The molecular weight excluding hydrogens is 352 g/mol. The topological polar surface area (TPSA) is 85.3 Å². The average Bonchev–Trinajstić information content (AvgIpc) is 2.85. The lowest BCUT2D eigenvalue weighted by Gasteiger charge is -2.49. The summed E-state index contributed by atoms with van der Waals surface area (Å²) in [6.07, 6.45) is 3.86. The monoisotopic (exact) mass is 374 g/mol. The van der Waals surface area contributed by atoms with E-state index >= 15 is 0 Å². The van der Waals surface area contributed by atoms with Crippen LogP contribution in [0.3, 0.4) is 0 Å². The van der Waals surface area contributed by atoms with Crippen molar-refractivity contribution in [2.24, 2.45) is 5.92 Å². The highest BCUT2D eigenvalue weighted by molar-refractivity contribution is 7.93. The highest BCUT2D eigenvalue weighted by Gasteiger charge is 2.61. The largest absolute Gasteiger partial charge is 0.463 e. The Morgan fingerprint density at radius 3 is 2.73 bits per heavy atom. The first-order chi connectivity index (χ1) is 12.5. The summed E-state index contributed by atoms with van der Waals surface area (Å²) in [7, 11) is -3.12. The predicted octanol–water partition coefficient (Wildman–Crippen LogP) is 1.25. The Morgan fingerprint density at radius 2 is 2.00 bits per heavy atom. The van der Waals surface area contributed by atoms with Crippen LogP contribution in [0, 0.1) is 12.8 Å². The number of hydrogen-bond donors (Lipinski definition) is 0. The molecule has 0 aromatic carbocycles. The highest BCUT2D eigenvalue weighted by Crippen LogP contribution is 2.45. The Kier molecular flexibility index (Phi) is 4.40. The molecule has 0 saturated carbocycles. The van der Waals surface area contributed by atoms with E-state index in [1.54, 1.807) is 18.5 Å². The van der Waals surface area contributed by atoms with Crippen molar-refractivity contribution in [1.82, 2.24) is 19.9 Å². The summed E-state index contributed by atoms with van der Waals surface area (Å²) < 4.78 is 30.4. The molecule has 7 nitrogen and oxygen atoms in total. The van der Waals surface area contributed by atoms with Gasteiger partial charge in [-0.1, -0.05) is 6.07 Å². The maximum Gasteiger partial charge on any atom is 0.316 e. The molecule has 138 valence electrons. The lowest BCUT2D eigenvalue weighted by atomic mass is 9.83. The van der Waals surface area contributed by atoms with Crippen molar-refractivity contribution in [1.29, 1.82) is 0 Å². The number of nitrogens with zero attached hydrogens (tertiary/aromatic N) is 4. The zero-order valence-corrected chi connectivity index (χ0v) is 15.5. The van der Waals surface area contributed by atoms with Crippen molar-refractivity contribution in [2.75, 3.05) is 25.4 Å². The molecule has 1 spiro atoms. The van der Waals surface area contributed by atoms with Crippen molar-refractivity contribution in [2.45, 2.75) is 24.6 Å². The molecule has 2 saturated heterocycles. The molecule has 4 heterocycles. The number of sulfone groups is 1. The van der Waals surface area contributed by atoms with Crippen LogP contribution in [0.4, 0.5) is 0 Å². The fourth-order valence-corrected chi connectivity index (χ4v) is 6.44. The zero-order valence-electron chi connectivity index (χ0n) is 14.7. The minimum atomic E-state index is -3.12. The van der Waals surface area contributed by atoms with E-state index in [-0.39, 0.29) is 11.7 Å². The first kappa shape index (κ1) is 17.4. The summed E-state index contributed by atoms with van der Waals surface area (Å²) in [5.41, 5.74) is 1.95. The Bertz CT molecular complexity index is 882. The predicted molar refractivity (Wildman–Crippen MR) is 96.4 cm³/mol.